The van der Waals surface area contributed by atoms with E-state index in [1.165, 1.54) is 0 Å². The summed E-state index contributed by atoms with van der Waals surface area (Å²) >= 11 is 0. The second-order valence-electron chi connectivity index (χ2n) is 6.79. The van der Waals surface area contributed by atoms with Crippen LogP contribution in [0.3, 0.4) is 0 Å². The van der Waals surface area contributed by atoms with Gasteiger partial charge in [-0.15, -0.1) is 0 Å². The van der Waals surface area contributed by atoms with E-state index in [1.807, 2.05) is 18.2 Å². The zero-order valence-electron chi connectivity index (χ0n) is 14.7. The first-order valence-electron chi connectivity index (χ1n) is 8.33. The van der Waals surface area contributed by atoms with Crippen LogP contribution in [0.15, 0.2) is 30.3 Å². The third-order valence-corrected chi connectivity index (χ3v) is 4.35. The molecule has 1 fully saturated rings. The fourth-order valence-electron chi connectivity index (χ4n) is 2.54. The van der Waals surface area contributed by atoms with E-state index >= 15 is 0 Å². The molecule has 0 atom stereocenters. The highest BCUT2D eigenvalue weighted by atomic mass is 16.5. The first-order valence-corrected chi connectivity index (χ1v) is 8.33. The average molecular weight is 347 g/mol. The molecule has 0 saturated carbocycles. The van der Waals surface area contributed by atoms with Gasteiger partial charge >= 0.3 is 0 Å². The van der Waals surface area contributed by atoms with Crippen LogP contribution in [-0.2, 0) is 14.4 Å². The van der Waals surface area contributed by atoms with Crippen LogP contribution in [0.25, 0.3) is 0 Å². The number of hydrogen-bond acceptors (Lipinski definition) is 4. The number of carbonyl (C=O) groups excluding carboxylic acids is 3. The lowest BCUT2D eigenvalue weighted by Crippen LogP contribution is -2.52. The highest BCUT2D eigenvalue weighted by Crippen LogP contribution is 2.21. The number of primary amides is 1. The average Bonchev–Trinajstić information content (AvgIpc) is 2.60. The molecule has 1 aromatic carbocycles. The van der Waals surface area contributed by atoms with E-state index in [9.17, 15) is 14.4 Å². The molecule has 0 radical (unpaired) electrons. The summed E-state index contributed by atoms with van der Waals surface area (Å²) in [6.07, 6.45) is 0.0768. The van der Waals surface area contributed by atoms with Crippen molar-refractivity contribution in [2.24, 2.45) is 11.1 Å². The molecule has 2 N–H and O–H groups in total. The maximum absolute atomic E-state index is 12.3. The number of rotatable bonds is 6. The number of amides is 3. The van der Waals surface area contributed by atoms with Gasteiger partial charge in [0, 0.05) is 32.6 Å². The molecular formula is C18H25N3O4. The van der Waals surface area contributed by atoms with Crippen LogP contribution in [0.1, 0.15) is 20.3 Å². The molecule has 7 heteroatoms. The van der Waals surface area contributed by atoms with Crippen molar-refractivity contribution in [1.82, 2.24) is 9.80 Å². The number of nitrogens with two attached hydrogens (primary N) is 1. The van der Waals surface area contributed by atoms with Crippen LogP contribution in [0, 0.1) is 5.41 Å². The highest BCUT2D eigenvalue weighted by Gasteiger charge is 2.32. The number of hydrogen-bond donors (Lipinski definition) is 1. The smallest absolute Gasteiger partial charge is 0.260 e. The number of benzene rings is 1. The van der Waals surface area contributed by atoms with Gasteiger partial charge in [-0.25, -0.2) is 0 Å². The largest absolute Gasteiger partial charge is 0.484 e. The molecule has 1 heterocycles. The van der Waals surface area contributed by atoms with Crippen molar-refractivity contribution in [1.29, 1.82) is 0 Å². The molecule has 2 rings (SSSR count). The third-order valence-electron chi connectivity index (χ3n) is 4.35. The minimum absolute atomic E-state index is 0.0212. The van der Waals surface area contributed by atoms with Crippen molar-refractivity contribution in [2.45, 2.75) is 20.3 Å². The van der Waals surface area contributed by atoms with Gasteiger partial charge in [0.25, 0.3) is 5.91 Å². The quantitative estimate of drug-likeness (QED) is 0.817. The van der Waals surface area contributed by atoms with E-state index in [-0.39, 0.29) is 24.8 Å². The molecule has 0 unspecified atom stereocenters. The molecule has 1 aromatic rings. The second-order valence-corrected chi connectivity index (χ2v) is 6.79. The van der Waals surface area contributed by atoms with Gasteiger partial charge in [0.1, 0.15) is 5.75 Å². The Balaban J connectivity index is 1.78. The van der Waals surface area contributed by atoms with Crippen molar-refractivity contribution in [3.8, 4) is 5.75 Å². The van der Waals surface area contributed by atoms with Crippen LogP contribution in [0.2, 0.25) is 0 Å². The van der Waals surface area contributed by atoms with Crippen LogP contribution in [0.4, 0.5) is 0 Å². The van der Waals surface area contributed by atoms with E-state index in [2.05, 4.69) is 0 Å². The summed E-state index contributed by atoms with van der Waals surface area (Å²) in [7, 11) is 0. The first-order chi connectivity index (χ1) is 11.8. The Morgan fingerprint density at radius 1 is 1.00 bits per heavy atom. The van der Waals surface area contributed by atoms with Gasteiger partial charge in [-0.2, -0.15) is 0 Å². The Bertz CT molecular complexity index is 622. The van der Waals surface area contributed by atoms with Gasteiger partial charge in [0.15, 0.2) is 6.61 Å². The molecule has 3 amide bonds. The Labute approximate surface area is 147 Å². The Kier molecular flexibility index (Phi) is 6.01. The van der Waals surface area contributed by atoms with Gasteiger partial charge in [0.2, 0.25) is 11.8 Å². The predicted octanol–water partition coefficient (Wildman–Crippen LogP) is 0.638. The minimum Gasteiger partial charge on any atom is -0.484 e. The van der Waals surface area contributed by atoms with Crippen molar-refractivity contribution in [3.05, 3.63) is 30.3 Å². The van der Waals surface area contributed by atoms with Crippen LogP contribution in [0.5, 0.6) is 5.75 Å². The lowest BCUT2D eigenvalue weighted by molar-refractivity contribution is -0.143. The topological polar surface area (TPSA) is 92.9 Å². The van der Waals surface area contributed by atoms with Gasteiger partial charge < -0.3 is 20.3 Å². The monoisotopic (exact) mass is 347 g/mol. The maximum Gasteiger partial charge on any atom is 0.260 e. The molecule has 0 spiro atoms. The lowest BCUT2D eigenvalue weighted by Gasteiger charge is -2.36. The normalized spacial score (nSPS) is 15.0. The van der Waals surface area contributed by atoms with Crippen LogP contribution in [-0.4, -0.2) is 60.3 Å². The standard InChI is InChI=1S/C18H25N3O4/c1-18(2,17(19)24)12-15(22)20-8-10-21(11-9-20)16(23)13-25-14-6-4-3-5-7-14/h3-7H,8-13H2,1-2H3,(H2,19,24). The fourth-order valence-corrected chi connectivity index (χ4v) is 2.54. The Morgan fingerprint density at radius 2 is 1.52 bits per heavy atom. The molecule has 0 bridgehead atoms. The Morgan fingerprint density at radius 3 is 2.04 bits per heavy atom. The van der Waals surface area contributed by atoms with Gasteiger partial charge in [-0.1, -0.05) is 32.0 Å². The van der Waals surface area contributed by atoms with Crippen LogP contribution >= 0.6 is 0 Å². The SMILES string of the molecule is CC(C)(CC(=O)N1CCN(C(=O)COc2ccccc2)CC1)C(N)=O. The van der Waals surface area contributed by atoms with Crippen molar-refractivity contribution in [2.75, 3.05) is 32.8 Å². The molecule has 136 valence electrons. The van der Waals surface area contributed by atoms with Crippen molar-refractivity contribution < 1.29 is 19.1 Å². The predicted molar refractivity (Wildman–Crippen MR) is 92.7 cm³/mol. The summed E-state index contributed by atoms with van der Waals surface area (Å²) in [5.74, 6) is -0.0593. The lowest BCUT2D eigenvalue weighted by atomic mass is 9.88. The molecule has 0 aliphatic carbocycles. The van der Waals surface area contributed by atoms with E-state index in [4.69, 9.17) is 10.5 Å². The number of nitrogens with zero attached hydrogens (tertiary/aromatic N) is 2. The number of piperazine rings is 1. The second kappa shape index (κ2) is 8.00. The molecule has 25 heavy (non-hydrogen) atoms. The highest BCUT2D eigenvalue weighted by molar-refractivity contribution is 5.87. The molecule has 1 saturated heterocycles. The summed E-state index contributed by atoms with van der Waals surface area (Å²) < 4.78 is 5.46. The molecule has 0 aromatic heterocycles. The summed E-state index contributed by atoms with van der Waals surface area (Å²) in [6.45, 7) is 5.11. The molecule has 1 aliphatic heterocycles. The number of ether oxygens (including phenoxy) is 1. The number of carbonyl (C=O) groups is 3. The Hall–Kier alpha value is -2.57. The summed E-state index contributed by atoms with van der Waals surface area (Å²) in [5, 5.41) is 0. The van der Waals surface area contributed by atoms with Gasteiger partial charge in [0.05, 0.1) is 5.41 Å². The maximum atomic E-state index is 12.3. The van der Waals surface area contributed by atoms with Gasteiger partial charge in [-0.3, -0.25) is 14.4 Å². The van der Waals surface area contributed by atoms with E-state index in [0.717, 1.165) is 0 Å². The molecule has 1 aliphatic rings. The van der Waals surface area contributed by atoms with E-state index in [0.29, 0.717) is 31.9 Å². The van der Waals surface area contributed by atoms with Crippen molar-refractivity contribution >= 4 is 17.7 Å². The summed E-state index contributed by atoms with van der Waals surface area (Å²) in [6, 6.07) is 9.16. The third kappa shape index (κ3) is 5.20. The number of para-hydroxylation sites is 1. The fraction of sp³-hybridized carbons (Fsp3) is 0.500. The zero-order valence-corrected chi connectivity index (χ0v) is 14.7. The summed E-state index contributed by atoms with van der Waals surface area (Å²) in [5.41, 5.74) is 4.45. The first kappa shape index (κ1) is 18.8. The van der Waals surface area contributed by atoms with E-state index in [1.54, 1.807) is 35.8 Å². The molecular weight excluding hydrogens is 322 g/mol. The van der Waals surface area contributed by atoms with Crippen molar-refractivity contribution in [3.63, 3.8) is 0 Å². The van der Waals surface area contributed by atoms with E-state index < -0.39 is 11.3 Å². The van der Waals surface area contributed by atoms with Gasteiger partial charge in [-0.05, 0) is 12.1 Å². The zero-order chi connectivity index (χ0) is 18.4. The minimum atomic E-state index is -0.867. The molecule has 7 nitrogen and oxygen atoms in total. The van der Waals surface area contributed by atoms with Crippen LogP contribution < -0.4 is 10.5 Å². The summed E-state index contributed by atoms with van der Waals surface area (Å²) in [4.78, 5) is 39.2.